The second-order valence-electron chi connectivity index (χ2n) is 5.12. The maximum atomic E-state index is 5.98. The summed E-state index contributed by atoms with van der Waals surface area (Å²) in [6.45, 7) is 7.73. The predicted octanol–water partition coefficient (Wildman–Crippen LogP) is 2.42. The molecule has 86 valence electrons. The fourth-order valence-corrected chi connectivity index (χ4v) is 1.92. The van der Waals surface area contributed by atoms with Crippen LogP contribution < -0.4 is 5.46 Å². The van der Waals surface area contributed by atoms with Crippen molar-refractivity contribution in [3.8, 4) is 0 Å². The molecule has 1 fully saturated rings. The van der Waals surface area contributed by atoms with E-state index in [2.05, 4.69) is 13.8 Å². The van der Waals surface area contributed by atoms with Crippen LogP contribution in [0.2, 0.25) is 5.02 Å². The lowest BCUT2D eigenvalue weighted by Crippen LogP contribution is -2.48. The SMILES string of the molecule is Cc1ccc(Cl)cc1B1OCC(C)(C)CO1. The van der Waals surface area contributed by atoms with Crippen LogP contribution in [0.15, 0.2) is 18.2 Å². The number of halogens is 1. The van der Waals surface area contributed by atoms with Crippen LogP contribution in [-0.2, 0) is 9.31 Å². The Labute approximate surface area is 102 Å². The van der Waals surface area contributed by atoms with Crippen molar-refractivity contribution in [2.45, 2.75) is 20.8 Å². The molecule has 1 saturated heterocycles. The van der Waals surface area contributed by atoms with E-state index >= 15 is 0 Å². The molecule has 0 aromatic heterocycles. The second kappa shape index (κ2) is 4.40. The summed E-state index contributed by atoms with van der Waals surface area (Å²) in [4.78, 5) is 0. The number of aryl methyl sites for hydroxylation is 1. The molecule has 16 heavy (non-hydrogen) atoms. The number of hydrogen-bond donors (Lipinski definition) is 0. The van der Waals surface area contributed by atoms with Gasteiger partial charge < -0.3 is 9.31 Å². The molecule has 1 heterocycles. The van der Waals surface area contributed by atoms with E-state index in [1.807, 2.05) is 25.1 Å². The van der Waals surface area contributed by atoms with Gasteiger partial charge in [-0.3, -0.25) is 0 Å². The molecule has 0 unspecified atom stereocenters. The van der Waals surface area contributed by atoms with E-state index < -0.39 is 0 Å². The molecule has 1 aromatic rings. The van der Waals surface area contributed by atoms with E-state index in [4.69, 9.17) is 20.9 Å². The van der Waals surface area contributed by atoms with E-state index in [-0.39, 0.29) is 12.5 Å². The van der Waals surface area contributed by atoms with Crippen LogP contribution in [0.1, 0.15) is 19.4 Å². The van der Waals surface area contributed by atoms with Crippen molar-refractivity contribution in [3.63, 3.8) is 0 Å². The van der Waals surface area contributed by atoms with E-state index in [0.29, 0.717) is 13.2 Å². The second-order valence-corrected chi connectivity index (χ2v) is 5.56. The zero-order chi connectivity index (χ0) is 11.8. The number of hydrogen-bond acceptors (Lipinski definition) is 2. The van der Waals surface area contributed by atoms with Crippen molar-refractivity contribution in [2.24, 2.45) is 5.41 Å². The average Bonchev–Trinajstić information content (AvgIpc) is 2.22. The molecular formula is C12H16BClO2. The van der Waals surface area contributed by atoms with Crippen molar-refractivity contribution in [3.05, 3.63) is 28.8 Å². The van der Waals surface area contributed by atoms with Gasteiger partial charge in [0.05, 0.1) is 0 Å². The van der Waals surface area contributed by atoms with Gasteiger partial charge in [-0.25, -0.2) is 0 Å². The van der Waals surface area contributed by atoms with E-state index in [0.717, 1.165) is 16.0 Å². The highest BCUT2D eigenvalue weighted by molar-refractivity contribution is 6.62. The molecule has 0 radical (unpaired) electrons. The van der Waals surface area contributed by atoms with Gasteiger partial charge in [-0.15, -0.1) is 0 Å². The number of benzene rings is 1. The van der Waals surface area contributed by atoms with Crippen LogP contribution >= 0.6 is 11.6 Å². The van der Waals surface area contributed by atoms with Crippen LogP contribution in [0.25, 0.3) is 0 Å². The lowest BCUT2D eigenvalue weighted by molar-refractivity contribution is 0.0342. The summed E-state index contributed by atoms with van der Waals surface area (Å²) in [5, 5.41) is 0.720. The molecule has 0 saturated carbocycles. The standard InChI is InChI=1S/C12H16BClO2/c1-9-4-5-10(14)6-11(9)13-15-7-12(2,3)8-16-13/h4-6H,7-8H2,1-3H3. The maximum absolute atomic E-state index is 5.98. The first-order chi connectivity index (χ1) is 7.48. The Morgan fingerprint density at radius 3 is 2.50 bits per heavy atom. The van der Waals surface area contributed by atoms with Crippen LogP contribution in [0, 0.1) is 12.3 Å². The molecule has 1 aromatic carbocycles. The molecule has 4 heteroatoms. The molecule has 1 aliphatic rings. The largest absolute Gasteiger partial charge is 0.494 e. The van der Waals surface area contributed by atoms with E-state index in [9.17, 15) is 0 Å². The Morgan fingerprint density at radius 2 is 1.88 bits per heavy atom. The fraction of sp³-hybridized carbons (Fsp3) is 0.500. The van der Waals surface area contributed by atoms with Crippen LogP contribution in [0.5, 0.6) is 0 Å². The third-order valence-corrected chi connectivity index (χ3v) is 2.98. The lowest BCUT2D eigenvalue weighted by atomic mass is 9.74. The van der Waals surface area contributed by atoms with Crippen molar-refractivity contribution < 1.29 is 9.31 Å². The monoisotopic (exact) mass is 238 g/mol. The highest BCUT2D eigenvalue weighted by Crippen LogP contribution is 2.22. The van der Waals surface area contributed by atoms with Gasteiger partial charge in [0.1, 0.15) is 0 Å². The van der Waals surface area contributed by atoms with Crippen LogP contribution in [-0.4, -0.2) is 20.3 Å². The third-order valence-electron chi connectivity index (χ3n) is 2.75. The minimum atomic E-state index is -0.272. The lowest BCUT2D eigenvalue weighted by Gasteiger charge is -2.33. The zero-order valence-electron chi connectivity index (χ0n) is 9.92. The maximum Gasteiger partial charge on any atom is 0.494 e. The van der Waals surface area contributed by atoms with Gasteiger partial charge in [-0.05, 0) is 24.5 Å². The average molecular weight is 239 g/mol. The number of rotatable bonds is 1. The van der Waals surface area contributed by atoms with Gasteiger partial charge in [-0.2, -0.15) is 0 Å². The van der Waals surface area contributed by atoms with Gasteiger partial charge in [0, 0.05) is 23.7 Å². The van der Waals surface area contributed by atoms with E-state index in [1.165, 1.54) is 0 Å². The molecule has 0 N–H and O–H groups in total. The van der Waals surface area contributed by atoms with Gasteiger partial charge in [-0.1, -0.05) is 37.1 Å². The van der Waals surface area contributed by atoms with Crippen molar-refractivity contribution >= 4 is 24.2 Å². The van der Waals surface area contributed by atoms with Gasteiger partial charge in [0.2, 0.25) is 0 Å². The Hall–Kier alpha value is -0.505. The summed E-state index contributed by atoms with van der Waals surface area (Å²) >= 11 is 5.98. The first kappa shape index (κ1) is 12.0. The van der Waals surface area contributed by atoms with Crippen molar-refractivity contribution in [2.75, 3.05) is 13.2 Å². The normalized spacial score (nSPS) is 19.9. The first-order valence-corrected chi connectivity index (χ1v) is 5.85. The summed E-state index contributed by atoms with van der Waals surface area (Å²) in [6, 6.07) is 5.79. The molecule has 0 spiro atoms. The molecule has 0 aliphatic carbocycles. The predicted molar refractivity (Wildman–Crippen MR) is 67.3 cm³/mol. The van der Waals surface area contributed by atoms with Crippen molar-refractivity contribution in [1.29, 1.82) is 0 Å². The molecule has 2 rings (SSSR count). The summed E-state index contributed by atoms with van der Waals surface area (Å²) in [5.41, 5.74) is 2.28. The van der Waals surface area contributed by atoms with Gasteiger partial charge >= 0.3 is 7.12 Å². The van der Waals surface area contributed by atoms with Gasteiger partial charge in [0.15, 0.2) is 0 Å². The van der Waals surface area contributed by atoms with Crippen molar-refractivity contribution in [1.82, 2.24) is 0 Å². The quantitative estimate of drug-likeness (QED) is 0.700. The molecule has 0 amide bonds. The summed E-state index contributed by atoms with van der Waals surface area (Å²) in [6.07, 6.45) is 0. The third kappa shape index (κ3) is 2.59. The summed E-state index contributed by atoms with van der Waals surface area (Å²) < 4.78 is 11.5. The highest BCUT2D eigenvalue weighted by atomic mass is 35.5. The van der Waals surface area contributed by atoms with E-state index in [1.54, 1.807) is 0 Å². The molecular weight excluding hydrogens is 222 g/mol. The molecule has 1 aliphatic heterocycles. The minimum Gasteiger partial charge on any atom is -0.407 e. The first-order valence-electron chi connectivity index (χ1n) is 5.47. The van der Waals surface area contributed by atoms with Crippen LogP contribution in [0.4, 0.5) is 0 Å². The minimum absolute atomic E-state index is 0.100. The summed E-state index contributed by atoms with van der Waals surface area (Å²) in [7, 11) is -0.272. The topological polar surface area (TPSA) is 18.5 Å². The zero-order valence-corrected chi connectivity index (χ0v) is 10.7. The van der Waals surface area contributed by atoms with Gasteiger partial charge in [0.25, 0.3) is 0 Å². The Bertz CT molecular complexity index is 383. The van der Waals surface area contributed by atoms with Crippen LogP contribution in [0.3, 0.4) is 0 Å². The summed E-state index contributed by atoms with van der Waals surface area (Å²) in [5.74, 6) is 0. The molecule has 0 atom stereocenters. The Morgan fingerprint density at radius 1 is 1.25 bits per heavy atom. The smallest absolute Gasteiger partial charge is 0.407 e. The Kier molecular flexibility index (Phi) is 3.29. The molecule has 0 bridgehead atoms. The highest BCUT2D eigenvalue weighted by Gasteiger charge is 2.34. The fourth-order valence-electron chi connectivity index (χ4n) is 1.74. The molecule has 2 nitrogen and oxygen atoms in total. The Balaban J connectivity index is 2.17.